The zero-order valence-corrected chi connectivity index (χ0v) is 11.4. The van der Waals surface area contributed by atoms with Crippen molar-refractivity contribution >= 4 is 11.8 Å². The van der Waals surface area contributed by atoms with E-state index < -0.39 is 0 Å². The minimum atomic E-state index is -0.300. The van der Waals surface area contributed by atoms with Crippen LogP contribution >= 0.6 is 0 Å². The summed E-state index contributed by atoms with van der Waals surface area (Å²) < 4.78 is 4.94. The summed E-state index contributed by atoms with van der Waals surface area (Å²) in [5.74, 6) is -0.469. The number of carbonyl (C=O) groups is 2. The van der Waals surface area contributed by atoms with E-state index in [1.807, 2.05) is 0 Å². The van der Waals surface area contributed by atoms with Crippen molar-refractivity contribution in [2.75, 3.05) is 26.8 Å². The fraction of sp³-hybridized carbons (Fsp3) is 0.846. The molecule has 1 aliphatic carbocycles. The molecule has 2 rings (SSSR count). The van der Waals surface area contributed by atoms with Gasteiger partial charge in [-0.2, -0.15) is 0 Å². The van der Waals surface area contributed by atoms with Crippen LogP contribution in [-0.4, -0.2) is 49.6 Å². The van der Waals surface area contributed by atoms with Gasteiger partial charge in [0.25, 0.3) is 0 Å². The van der Waals surface area contributed by atoms with Crippen LogP contribution in [0.2, 0.25) is 0 Å². The Morgan fingerprint density at radius 1 is 1.42 bits per heavy atom. The van der Waals surface area contributed by atoms with Gasteiger partial charge in [0.15, 0.2) is 0 Å². The summed E-state index contributed by atoms with van der Waals surface area (Å²) in [5.41, 5.74) is 2.51. The van der Waals surface area contributed by atoms with Gasteiger partial charge in [-0.25, -0.2) is 5.48 Å². The number of hydrogen-bond acceptors (Lipinski definition) is 4. The normalized spacial score (nSPS) is 24.2. The Morgan fingerprint density at radius 3 is 2.84 bits per heavy atom. The maximum Gasteiger partial charge on any atom is 0.248 e. The lowest BCUT2D eigenvalue weighted by molar-refractivity contribution is -0.142. The number of methoxy groups -OCH3 is 1. The second-order valence-electron chi connectivity index (χ2n) is 5.22. The van der Waals surface area contributed by atoms with Gasteiger partial charge in [0.2, 0.25) is 11.8 Å². The predicted octanol–water partition coefficient (Wildman–Crippen LogP) is 0.472. The van der Waals surface area contributed by atoms with E-state index in [9.17, 15) is 9.59 Å². The molecule has 0 aromatic rings. The topological polar surface area (TPSA) is 67.9 Å². The van der Waals surface area contributed by atoms with Crippen molar-refractivity contribution in [1.29, 1.82) is 0 Å². The zero-order valence-electron chi connectivity index (χ0n) is 11.4. The number of hydrogen-bond donors (Lipinski definition) is 1. The van der Waals surface area contributed by atoms with E-state index >= 15 is 0 Å². The Hall–Kier alpha value is -1.14. The average molecular weight is 270 g/mol. The van der Waals surface area contributed by atoms with Gasteiger partial charge in [0.1, 0.15) is 0 Å². The molecule has 1 unspecified atom stereocenters. The van der Waals surface area contributed by atoms with Crippen LogP contribution in [0.5, 0.6) is 0 Å². The van der Waals surface area contributed by atoms with Crippen LogP contribution < -0.4 is 5.48 Å². The van der Waals surface area contributed by atoms with Crippen LogP contribution in [0.1, 0.15) is 32.1 Å². The van der Waals surface area contributed by atoms with Gasteiger partial charge in [0, 0.05) is 26.6 Å². The first-order chi connectivity index (χ1) is 9.20. The molecular formula is C13H22N2O4. The van der Waals surface area contributed by atoms with Gasteiger partial charge in [0.05, 0.1) is 18.6 Å². The molecular weight excluding hydrogens is 248 g/mol. The van der Waals surface area contributed by atoms with Crippen molar-refractivity contribution in [3.63, 3.8) is 0 Å². The first kappa shape index (κ1) is 14.3. The molecule has 1 atom stereocenters. The van der Waals surface area contributed by atoms with E-state index in [1.165, 1.54) is 0 Å². The number of rotatable bonds is 6. The van der Waals surface area contributed by atoms with Gasteiger partial charge in [-0.3, -0.25) is 14.4 Å². The standard InChI is InChI=1S/C13H22N2O4/c1-18-7-6-15-9-10(8-12(15)16)13(17)14-19-11-4-2-3-5-11/h10-11H,2-9H2,1H3,(H,14,17). The molecule has 1 aliphatic heterocycles. The number of carbonyl (C=O) groups excluding carboxylic acids is 2. The summed E-state index contributed by atoms with van der Waals surface area (Å²) in [4.78, 5) is 30.7. The molecule has 1 heterocycles. The molecule has 2 aliphatic rings. The number of hydroxylamine groups is 1. The van der Waals surface area contributed by atoms with Crippen LogP contribution in [0.25, 0.3) is 0 Å². The SMILES string of the molecule is COCCN1CC(C(=O)NOC2CCCC2)CC1=O. The Bertz CT molecular complexity index is 329. The predicted molar refractivity (Wildman–Crippen MR) is 68.0 cm³/mol. The number of amides is 2. The quantitative estimate of drug-likeness (QED) is 0.713. The molecule has 108 valence electrons. The highest BCUT2D eigenvalue weighted by atomic mass is 16.7. The molecule has 1 saturated heterocycles. The van der Waals surface area contributed by atoms with E-state index in [4.69, 9.17) is 9.57 Å². The van der Waals surface area contributed by atoms with Crippen molar-refractivity contribution in [2.45, 2.75) is 38.2 Å². The van der Waals surface area contributed by atoms with E-state index in [-0.39, 0.29) is 30.3 Å². The summed E-state index contributed by atoms with van der Waals surface area (Å²) in [5, 5.41) is 0. The second-order valence-corrected chi connectivity index (χ2v) is 5.22. The highest BCUT2D eigenvalue weighted by Crippen LogP contribution is 2.21. The van der Waals surface area contributed by atoms with Crippen LogP contribution in [-0.2, 0) is 19.2 Å². The number of likely N-dealkylation sites (tertiary alicyclic amines) is 1. The first-order valence-corrected chi connectivity index (χ1v) is 6.93. The van der Waals surface area contributed by atoms with Gasteiger partial charge < -0.3 is 9.64 Å². The highest BCUT2D eigenvalue weighted by molar-refractivity contribution is 5.88. The summed E-state index contributed by atoms with van der Waals surface area (Å²) >= 11 is 0. The Morgan fingerprint density at radius 2 is 2.16 bits per heavy atom. The summed E-state index contributed by atoms with van der Waals surface area (Å²) in [6, 6.07) is 0. The first-order valence-electron chi connectivity index (χ1n) is 6.93. The lowest BCUT2D eigenvalue weighted by atomic mass is 10.1. The van der Waals surface area contributed by atoms with Gasteiger partial charge >= 0.3 is 0 Å². The average Bonchev–Trinajstić information content (AvgIpc) is 3.03. The molecule has 1 N–H and O–H groups in total. The van der Waals surface area contributed by atoms with Crippen molar-refractivity contribution in [3.05, 3.63) is 0 Å². The molecule has 0 spiro atoms. The second kappa shape index (κ2) is 6.86. The largest absolute Gasteiger partial charge is 0.383 e. The van der Waals surface area contributed by atoms with Crippen LogP contribution in [0.4, 0.5) is 0 Å². The number of nitrogens with one attached hydrogen (secondary N) is 1. The fourth-order valence-corrected chi connectivity index (χ4v) is 2.60. The van der Waals surface area contributed by atoms with Crippen LogP contribution in [0.15, 0.2) is 0 Å². The highest BCUT2D eigenvalue weighted by Gasteiger charge is 2.34. The molecule has 0 bridgehead atoms. The smallest absolute Gasteiger partial charge is 0.248 e. The fourth-order valence-electron chi connectivity index (χ4n) is 2.60. The molecule has 1 saturated carbocycles. The Balaban J connectivity index is 1.72. The third kappa shape index (κ3) is 3.91. The van der Waals surface area contributed by atoms with Gasteiger partial charge in [-0.1, -0.05) is 12.8 Å². The van der Waals surface area contributed by atoms with Gasteiger partial charge in [-0.05, 0) is 12.8 Å². The van der Waals surface area contributed by atoms with Gasteiger partial charge in [-0.15, -0.1) is 0 Å². The Labute approximate surface area is 113 Å². The number of ether oxygens (including phenoxy) is 1. The molecule has 19 heavy (non-hydrogen) atoms. The monoisotopic (exact) mass is 270 g/mol. The molecule has 6 heteroatoms. The summed E-state index contributed by atoms with van der Waals surface area (Å²) in [6.07, 6.45) is 4.74. The number of nitrogens with zero attached hydrogens (tertiary/aromatic N) is 1. The Kier molecular flexibility index (Phi) is 5.15. The van der Waals surface area contributed by atoms with Crippen LogP contribution in [0.3, 0.4) is 0 Å². The zero-order chi connectivity index (χ0) is 13.7. The van der Waals surface area contributed by atoms with Crippen molar-refractivity contribution in [3.8, 4) is 0 Å². The lowest BCUT2D eigenvalue weighted by Gasteiger charge is -2.16. The maximum atomic E-state index is 11.9. The molecule has 6 nitrogen and oxygen atoms in total. The van der Waals surface area contributed by atoms with Crippen molar-refractivity contribution < 1.29 is 19.2 Å². The van der Waals surface area contributed by atoms with E-state index in [1.54, 1.807) is 12.0 Å². The van der Waals surface area contributed by atoms with Crippen LogP contribution in [0, 0.1) is 5.92 Å². The van der Waals surface area contributed by atoms with E-state index in [0.29, 0.717) is 19.7 Å². The molecule has 0 aromatic heterocycles. The minimum Gasteiger partial charge on any atom is -0.383 e. The van der Waals surface area contributed by atoms with Crippen molar-refractivity contribution in [1.82, 2.24) is 10.4 Å². The third-order valence-electron chi connectivity index (χ3n) is 3.78. The third-order valence-corrected chi connectivity index (χ3v) is 3.78. The maximum absolute atomic E-state index is 11.9. The van der Waals surface area contributed by atoms with E-state index in [0.717, 1.165) is 25.7 Å². The van der Waals surface area contributed by atoms with Crippen molar-refractivity contribution in [2.24, 2.45) is 5.92 Å². The molecule has 0 radical (unpaired) electrons. The summed E-state index contributed by atoms with van der Waals surface area (Å²) in [6.45, 7) is 1.50. The molecule has 2 fully saturated rings. The lowest BCUT2D eigenvalue weighted by Crippen LogP contribution is -2.35. The molecule has 0 aromatic carbocycles. The van der Waals surface area contributed by atoms with E-state index in [2.05, 4.69) is 5.48 Å². The summed E-state index contributed by atoms with van der Waals surface area (Å²) in [7, 11) is 1.60. The minimum absolute atomic E-state index is 0.0121. The molecule has 2 amide bonds.